The van der Waals surface area contributed by atoms with Crippen molar-refractivity contribution in [2.75, 3.05) is 11.5 Å². The second kappa shape index (κ2) is 4.71. The number of hydrogen-bond donors (Lipinski definition) is 1. The van der Waals surface area contributed by atoms with E-state index in [1.807, 2.05) is 22.8 Å². The number of aromatic nitrogens is 2. The first-order valence-electron chi connectivity index (χ1n) is 6.06. The van der Waals surface area contributed by atoms with Crippen LogP contribution in [0.1, 0.15) is 18.9 Å². The van der Waals surface area contributed by atoms with Gasteiger partial charge in [-0.15, -0.1) is 0 Å². The highest BCUT2D eigenvalue weighted by Crippen LogP contribution is 2.28. The molecule has 1 N–H and O–H groups in total. The zero-order chi connectivity index (χ0) is 13.6. The maximum absolute atomic E-state index is 11.8. The van der Waals surface area contributed by atoms with Crippen molar-refractivity contribution in [3.63, 3.8) is 0 Å². The van der Waals surface area contributed by atoms with Gasteiger partial charge in [-0.2, -0.15) is 0 Å². The molecule has 1 aromatic heterocycles. The van der Waals surface area contributed by atoms with Crippen LogP contribution in [0.2, 0.25) is 0 Å². The van der Waals surface area contributed by atoms with E-state index in [1.54, 1.807) is 0 Å². The molecule has 4 nitrogen and oxygen atoms in total. The number of nitrogens with zero attached hydrogens (tertiary/aromatic N) is 1. The van der Waals surface area contributed by atoms with Crippen LogP contribution in [0.4, 0.5) is 0 Å². The zero-order valence-electron chi connectivity index (χ0n) is 10.1. The van der Waals surface area contributed by atoms with Crippen LogP contribution in [0, 0.1) is 4.77 Å². The van der Waals surface area contributed by atoms with Gasteiger partial charge in [-0.1, -0.05) is 15.9 Å². The lowest BCUT2D eigenvalue weighted by molar-refractivity contribution is 0.475. The van der Waals surface area contributed by atoms with Crippen molar-refractivity contribution in [3.05, 3.63) is 27.4 Å². The first-order chi connectivity index (χ1) is 8.96. The minimum atomic E-state index is -2.94. The number of imidazole rings is 1. The number of benzene rings is 1. The Morgan fingerprint density at radius 2 is 2.21 bits per heavy atom. The maximum Gasteiger partial charge on any atom is 0.178 e. The van der Waals surface area contributed by atoms with Gasteiger partial charge in [-0.05, 0) is 43.3 Å². The topological polar surface area (TPSA) is 54.9 Å². The van der Waals surface area contributed by atoms with Gasteiger partial charge in [0.2, 0.25) is 0 Å². The molecule has 1 unspecified atom stereocenters. The second-order valence-corrected chi connectivity index (χ2v) is 8.40. The van der Waals surface area contributed by atoms with Crippen molar-refractivity contribution in [1.82, 2.24) is 9.55 Å². The molecule has 0 amide bonds. The average Bonchev–Trinajstić information content (AvgIpc) is 2.62. The van der Waals surface area contributed by atoms with Crippen LogP contribution in [-0.4, -0.2) is 29.5 Å². The van der Waals surface area contributed by atoms with E-state index in [2.05, 4.69) is 20.9 Å². The fourth-order valence-corrected chi connectivity index (χ4v) is 5.06. The number of nitrogens with one attached hydrogen (secondary N) is 1. The third-order valence-corrected chi connectivity index (χ3v) is 6.08. The monoisotopic (exact) mass is 360 g/mol. The summed E-state index contributed by atoms with van der Waals surface area (Å²) in [5.41, 5.74) is 1.90. The van der Waals surface area contributed by atoms with E-state index in [0.717, 1.165) is 21.9 Å². The van der Waals surface area contributed by atoms with Crippen LogP contribution in [0.5, 0.6) is 0 Å². The summed E-state index contributed by atoms with van der Waals surface area (Å²) in [5.74, 6) is 0.481. The van der Waals surface area contributed by atoms with Crippen LogP contribution in [0.25, 0.3) is 11.0 Å². The van der Waals surface area contributed by atoms with Gasteiger partial charge in [0.1, 0.15) is 0 Å². The Morgan fingerprint density at radius 3 is 2.95 bits per heavy atom. The Labute approximate surface area is 124 Å². The van der Waals surface area contributed by atoms with E-state index in [0.29, 0.717) is 16.9 Å². The Bertz CT molecular complexity index is 792. The molecule has 102 valence electrons. The fourth-order valence-electron chi connectivity index (χ4n) is 2.67. The summed E-state index contributed by atoms with van der Waals surface area (Å²) >= 11 is 8.77. The number of hydrogen-bond acceptors (Lipinski definition) is 3. The highest BCUT2D eigenvalue weighted by molar-refractivity contribution is 9.10. The smallest absolute Gasteiger partial charge is 0.178 e. The molecule has 0 spiro atoms. The van der Waals surface area contributed by atoms with Gasteiger partial charge >= 0.3 is 0 Å². The molecule has 1 aliphatic heterocycles. The molecule has 0 radical (unpaired) electrons. The molecule has 1 atom stereocenters. The molecule has 3 rings (SSSR count). The van der Waals surface area contributed by atoms with Crippen molar-refractivity contribution >= 4 is 49.0 Å². The quantitative estimate of drug-likeness (QED) is 0.794. The summed E-state index contributed by atoms with van der Waals surface area (Å²) in [4.78, 5) is 3.15. The van der Waals surface area contributed by atoms with E-state index < -0.39 is 9.84 Å². The van der Waals surface area contributed by atoms with Gasteiger partial charge in [0.05, 0.1) is 28.6 Å². The number of aromatic amines is 1. The summed E-state index contributed by atoms with van der Waals surface area (Å²) < 4.78 is 27.1. The van der Waals surface area contributed by atoms with Crippen LogP contribution >= 0.6 is 28.1 Å². The van der Waals surface area contributed by atoms with Crippen molar-refractivity contribution in [1.29, 1.82) is 0 Å². The molecule has 0 aliphatic carbocycles. The van der Waals surface area contributed by atoms with Gasteiger partial charge in [-0.25, -0.2) is 8.42 Å². The minimum Gasteiger partial charge on any atom is -0.331 e. The fraction of sp³-hybridized carbons (Fsp3) is 0.417. The SMILES string of the molecule is O=S1(=O)CCCC(n2c(=S)[nH]c3cc(Br)ccc32)C1. The number of H-pyrrole nitrogens is 1. The van der Waals surface area contributed by atoms with Crippen molar-refractivity contribution in [3.8, 4) is 0 Å². The van der Waals surface area contributed by atoms with E-state index in [9.17, 15) is 8.42 Å². The van der Waals surface area contributed by atoms with E-state index >= 15 is 0 Å². The lowest BCUT2D eigenvalue weighted by atomic mass is 10.2. The highest BCUT2D eigenvalue weighted by Gasteiger charge is 2.27. The molecule has 1 fully saturated rings. The first-order valence-corrected chi connectivity index (χ1v) is 9.09. The summed E-state index contributed by atoms with van der Waals surface area (Å²) in [6, 6.07) is 5.81. The molecular formula is C12H13BrN2O2S2. The van der Waals surface area contributed by atoms with Crippen LogP contribution in [0.15, 0.2) is 22.7 Å². The molecule has 1 aliphatic rings. The van der Waals surface area contributed by atoms with Crippen molar-refractivity contribution in [2.24, 2.45) is 0 Å². The molecule has 2 heterocycles. The Morgan fingerprint density at radius 1 is 1.42 bits per heavy atom. The first kappa shape index (κ1) is 13.3. The molecular weight excluding hydrogens is 348 g/mol. The molecule has 0 saturated carbocycles. The largest absolute Gasteiger partial charge is 0.331 e. The maximum atomic E-state index is 11.8. The van der Waals surface area contributed by atoms with Crippen LogP contribution < -0.4 is 0 Å². The number of fused-ring (bicyclic) bond motifs is 1. The summed E-state index contributed by atoms with van der Waals surface area (Å²) in [6.45, 7) is 0. The highest BCUT2D eigenvalue weighted by atomic mass is 79.9. The average molecular weight is 361 g/mol. The Kier molecular flexibility index (Phi) is 3.31. The van der Waals surface area contributed by atoms with Crippen molar-refractivity contribution < 1.29 is 8.42 Å². The molecule has 2 aromatic rings. The van der Waals surface area contributed by atoms with Gasteiger partial charge in [0.15, 0.2) is 14.6 Å². The van der Waals surface area contributed by atoms with Crippen LogP contribution in [0.3, 0.4) is 0 Å². The van der Waals surface area contributed by atoms with Crippen molar-refractivity contribution in [2.45, 2.75) is 18.9 Å². The molecule has 19 heavy (non-hydrogen) atoms. The van der Waals surface area contributed by atoms with E-state index in [-0.39, 0.29) is 11.8 Å². The Hall–Kier alpha value is -0.660. The number of rotatable bonds is 1. The summed E-state index contributed by atoms with van der Waals surface area (Å²) in [6.07, 6.45) is 1.56. The number of halogens is 1. The molecule has 1 saturated heterocycles. The lowest BCUT2D eigenvalue weighted by Gasteiger charge is -2.23. The predicted octanol–water partition coefficient (Wildman–Crippen LogP) is 3.21. The van der Waals surface area contributed by atoms with E-state index in [4.69, 9.17) is 12.2 Å². The normalized spacial score (nSPS) is 22.7. The minimum absolute atomic E-state index is 0.0545. The summed E-state index contributed by atoms with van der Waals surface area (Å²) in [5, 5.41) is 0. The van der Waals surface area contributed by atoms with Gasteiger partial charge in [0.25, 0.3) is 0 Å². The molecule has 1 aromatic carbocycles. The third kappa shape index (κ3) is 2.51. The molecule has 7 heteroatoms. The Balaban J connectivity index is 2.15. The van der Waals surface area contributed by atoms with Gasteiger partial charge in [0, 0.05) is 4.47 Å². The van der Waals surface area contributed by atoms with Gasteiger partial charge in [-0.3, -0.25) is 0 Å². The van der Waals surface area contributed by atoms with E-state index in [1.165, 1.54) is 0 Å². The third-order valence-electron chi connectivity index (χ3n) is 3.48. The van der Waals surface area contributed by atoms with Gasteiger partial charge < -0.3 is 9.55 Å². The molecule has 0 bridgehead atoms. The second-order valence-electron chi connectivity index (χ2n) is 4.87. The number of sulfone groups is 1. The zero-order valence-corrected chi connectivity index (χ0v) is 13.3. The predicted molar refractivity (Wildman–Crippen MR) is 81.7 cm³/mol. The lowest BCUT2D eigenvalue weighted by Crippen LogP contribution is -2.27. The van der Waals surface area contributed by atoms with Crippen LogP contribution in [-0.2, 0) is 9.84 Å². The standard InChI is InChI=1S/C12H13BrN2O2S2/c13-8-3-4-11-10(6-8)14-12(18)15(11)9-2-1-5-19(16,17)7-9/h3-4,6,9H,1-2,5,7H2,(H,14,18). The summed E-state index contributed by atoms with van der Waals surface area (Å²) in [7, 11) is -2.94.